The SMILES string of the molecule is CCCN(C(=O)c1cc(S(N)(=O)=O)c(C)o1)C1CCNCC1. The van der Waals surface area contributed by atoms with Crippen molar-refractivity contribution in [1.82, 2.24) is 10.2 Å². The monoisotopic (exact) mass is 329 g/mol. The average Bonchev–Trinajstić information content (AvgIpc) is 2.87. The number of primary sulfonamides is 1. The van der Waals surface area contributed by atoms with Gasteiger partial charge in [0.05, 0.1) is 0 Å². The first-order valence-corrected chi connectivity index (χ1v) is 9.04. The van der Waals surface area contributed by atoms with Crippen molar-refractivity contribution in [2.45, 2.75) is 44.0 Å². The number of hydrogen-bond acceptors (Lipinski definition) is 5. The number of nitrogens with one attached hydrogen (secondary N) is 1. The summed E-state index contributed by atoms with van der Waals surface area (Å²) >= 11 is 0. The van der Waals surface area contributed by atoms with Gasteiger partial charge in [0.1, 0.15) is 10.7 Å². The number of aryl methyl sites for hydroxylation is 1. The molecule has 0 radical (unpaired) electrons. The van der Waals surface area contributed by atoms with Crippen molar-refractivity contribution in [2.75, 3.05) is 19.6 Å². The predicted octanol–water partition coefficient (Wildman–Crippen LogP) is 0.840. The van der Waals surface area contributed by atoms with E-state index in [4.69, 9.17) is 9.56 Å². The molecule has 0 spiro atoms. The summed E-state index contributed by atoms with van der Waals surface area (Å²) in [4.78, 5) is 14.4. The Morgan fingerprint density at radius 3 is 2.59 bits per heavy atom. The summed E-state index contributed by atoms with van der Waals surface area (Å²) in [6.07, 6.45) is 2.60. The summed E-state index contributed by atoms with van der Waals surface area (Å²) < 4.78 is 28.3. The molecule has 0 saturated carbocycles. The molecule has 124 valence electrons. The first-order valence-electron chi connectivity index (χ1n) is 7.49. The van der Waals surface area contributed by atoms with Crippen molar-refractivity contribution < 1.29 is 17.6 Å². The van der Waals surface area contributed by atoms with Gasteiger partial charge in [0.25, 0.3) is 5.91 Å². The molecule has 0 aromatic carbocycles. The standard InChI is InChI=1S/C14H23N3O4S/c1-3-8-17(11-4-6-16-7-5-11)14(18)12-9-13(10(2)21-12)22(15,19)20/h9,11,16H,3-8H2,1-2H3,(H2,15,19,20). The van der Waals surface area contributed by atoms with Crippen molar-refractivity contribution in [1.29, 1.82) is 0 Å². The molecule has 2 rings (SSSR count). The van der Waals surface area contributed by atoms with Crippen molar-refractivity contribution in [2.24, 2.45) is 5.14 Å². The molecular weight excluding hydrogens is 306 g/mol. The summed E-state index contributed by atoms with van der Waals surface area (Å²) in [5.41, 5.74) is 0. The second kappa shape index (κ2) is 6.80. The summed E-state index contributed by atoms with van der Waals surface area (Å²) in [6, 6.07) is 1.38. The number of amides is 1. The Labute approximate surface area is 130 Å². The molecule has 2 heterocycles. The Bertz CT molecular complexity index is 633. The minimum Gasteiger partial charge on any atom is -0.455 e. The molecule has 1 aliphatic rings. The zero-order chi connectivity index (χ0) is 16.3. The molecule has 8 heteroatoms. The summed E-state index contributed by atoms with van der Waals surface area (Å²) in [6.45, 7) is 5.86. The lowest BCUT2D eigenvalue weighted by Crippen LogP contribution is -2.46. The van der Waals surface area contributed by atoms with Gasteiger partial charge in [-0.15, -0.1) is 0 Å². The van der Waals surface area contributed by atoms with E-state index in [1.54, 1.807) is 4.90 Å². The van der Waals surface area contributed by atoms with E-state index in [9.17, 15) is 13.2 Å². The lowest BCUT2D eigenvalue weighted by Gasteiger charge is -2.34. The van der Waals surface area contributed by atoms with Crippen molar-refractivity contribution >= 4 is 15.9 Å². The number of furan rings is 1. The number of carbonyl (C=O) groups excluding carboxylic acids is 1. The molecule has 1 amide bonds. The Morgan fingerprint density at radius 2 is 2.09 bits per heavy atom. The van der Waals surface area contributed by atoms with Gasteiger partial charge in [0.15, 0.2) is 5.76 Å². The molecule has 0 bridgehead atoms. The molecule has 1 fully saturated rings. The van der Waals surface area contributed by atoms with Crippen LogP contribution in [0.5, 0.6) is 0 Å². The lowest BCUT2D eigenvalue weighted by atomic mass is 10.0. The highest BCUT2D eigenvalue weighted by Gasteiger charge is 2.29. The van der Waals surface area contributed by atoms with Gasteiger partial charge in [0, 0.05) is 18.7 Å². The van der Waals surface area contributed by atoms with E-state index in [1.807, 2.05) is 6.92 Å². The second-order valence-electron chi connectivity index (χ2n) is 5.56. The third-order valence-corrected chi connectivity index (χ3v) is 4.88. The fourth-order valence-corrected chi connectivity index (χ4v) is 3.52. The molecule has 1 saturated heterocycles. The molecular formula is C14H23N3O4S. The molecule has 7 nitrogen and oxygen atoms in total. The van der Waals surface area contributed by atoms with Crippen molar-refractivity contribution in [3.63, 3.8) is 0 Å². The zero-order valence-corrected chi connectivity index (χ0v) is 13.8. The first kappa shape index (κ1) is 17.0. The quantitative estimate of drug-likeness (QED) is 0.832. The van der Waals surface area contributed by atoms with Crippen LogP contribution in [0.25, 0.3) is 0 Å². The minimum absolute atomic E-state index is 0.0357. The van der Waals surface area contributed by atoms with E-state index in [2.05, 4.69) is 5.32 Å². The van der Waals surface area contributed by atoms with Crippen LogP contribution in [0.1, 0.15) is 42.5 Å². The van der Waals surface area contributed by atoms with Crippen LogP contribution in [0.15, 0.2) is 15.4 Å². The Morgan fingerprint density at radius 1 is 1.45 bits per heavy atom. The third-order valence-electron chi connectivity index (χ3n) is 3.86. The van der Waals surface area contributed by atoms with Gasteiger partial charge < -0.3 is 14.6 Å². The largest absolute Gasteiger partial charge is 0.455 e. The number of sulfonamides is 1. The lowest BCUT2D eigenvalue weighted by molar-refractivity contribution is 0.0609. The van der Waals surface area contributed by atoms with Crippen LogP contribution in [0, 0.1) is 6.92 Å². The van der Waals surface area contributed by atoms with Gasteiger partial charge in [-0.3, -0.25) is 4.79 Å². The number of nitrogens with two attached hydrogens (primary N) is 1. The fraction of sp³-hybridized carbons (Fsp3) is 0.643. The first-order chi connectivity index (χ1) is 10.3. The average molecular weight is 329 g/mol. The number of piperidine rings is 1. The molecule has 1 aliphatic heterocycles. The number of carbonyl (C=O) groups is 1. The number of nitrogens with zero attached hydrogens (tertiary/aromatic N) is 1. The maximum Gasteiger partial charge on any atom is 0.289 e. The Kier molecular flexibility index (Phi) is 5.25. The molecule has 22 heavy (non-hydrogen) atoms. The van der Waals surface area contributed by atoms with Crippen LogP contribution >= 0.6 is 0 Å². The van der Waals surface area contributed by atoms with Crippen molar-refractivity contribution in [3.05, 3.63) is 17.6 Å². The normalized spacial score (nSPS) is 16.7. The zero-order valence-electron chi connectivity index (χ0n) is 13.0. The highest BCUT2D eigenvalue weighted by Crippen LogP contribution is 2.22. The highest BCUT2D eigenvalue weighted by molar-refractivity contribution is 7.89. The van der Waals surface area contributed by atoms with E-state index in [0.29, 0.717) is 6.54 Å². The van der Waals surface area contributed by atoms with Crippen LogP contribution < -0.4 is 10.5 Å². The Hall–Kier alpha value is -1.38. The van der Waals surface area contributed by atoms with Gasteiger partial charge in [-0.1, -0.05) is 6.92 Å². The van der Waals surface area contributed by atoms with E-state index in [0.717, 1.165) is 32.4 Å². The topological polar surface area (TPSA) is 106 Å². The molecule has 3 N–H and O–H groups in total. The number of rotatable bonds is 5. The predicted molar refractivity (Wildman–Crippen MR) is 82.0 cm³/mol. The van der Waals surface area contributed by atoms with E-state index in [-0.39, 0.29) is 28.4 Å². The van der Waals surface area contributed by atoms with Crippen LogP contribution in [-0.4, -0.2) is 44.9 Å². The van der Waals surface area contributed by atoms with E-state index < -0.39 is 10.0 Å². The minimum atomic E-state index is -3.88. The maximum atomic E-state index is 12.7. The third kappa shape index (κ3) is 3.68. The highest BCUT2D eigenvalue weighted by atomic mass is 32.2. The van der Waals surface area contributed by atoms with Crippen LogP contribution in [0.3, 0.4) is 0 Å². The van der Waals surface area contributed by atoms with E-state index in [1.165, 1.54) is 13.0 Å². The molecule has 0 aliphatic carbocycles. The fourth-order valence-electron chi connectivity index (χ4n) is 2.80. The van der Waals surface area contributed by atoms with Crippen LogP contribution in [-0.2, 0) is 10.0 Å². The number of hydrogen-bond donors (Lipinski definition) is 2. The summed E-state index contributed by atoms with van der Waals surface area (Å²) in [5.74, 6) is -0.0899. The second-order valence-corrected chi connectivity index (χ2v) is 7.09. The van der Waals surface area contributed by atoms with Gasteiger partial charge in [-0.05, 0) is 39.3 Å². The molecule has 1 aromatic heterocycles. The van der Waals surface area contributed by atoms with Crippen molar-refractivity contribution in [3.8, 4) is 0 Å². The summed E-state index contributed by atoms with van der Waals surface area (Å²) in [5, 5.41) is 8.39. The van der Waals surface area contributed by atoms with Crippen LogP contribution in [0.4, 0.5) is 0 Å². The molecule has 0 unspecified atom stereocenters. The smallest absolute Gasteiger partial charge is 0.289 e. The molecule has 1 aromatic rings. The summed E-state index contributed by atoms with van der Waals surface area (Å²) in [7, 11) is -3.88. The van der Waals surface area contributed by atoms with Gasteiger partial charge in [-0.25, -0.2) is 13.6 Å². The maximum absolute atomic E-state index is 12.7. The molecule has 0 atom stereocenters. The van der Waals surface area contributed by atoms with Gasteiger partial charge in [-0.2, -0.15) is 0 Å². The van der Waals surface area contributed by atoms with Crippen LogP contribution in [0.2, 0.25) is 0 Å². The van der Waals surface area contributed by atoms with Gasteiger partial charge in [0.2, 0.25) is 10.0 Å². The Balaban J connectivity index is 2.27. The van der Waals surface area contributed by atoms with Gasteiger partial charge >= 0.3 is 0 Å². The van der Waals surface area contributed by atoms with E-state index >= 15 is 0 Å².